The first kappa shape index (κ1) is 14.3. The molecule has 0 unspecified atom stereocenters. The largest absolute Gasteiger partial charge is 0.377 e. The molecule has 1 aliphatic carbocycles. The summed E-state index contributed by atoms with van der Waals surface area (Å²) in [5.74, 6) is 1.66. The Morgan fingerprint density at radius 1 is 1.52 bits per heavy atom. The number of rotatable bonds is 4. The molecule has 0 aliphatic heterocycles. The van der Waals surface area contributed by atoms with Crippen molar-refractivity contribution in [1.82, 2.24) is 14.8 Å². The highest BCUT2D eigenvalue weighted by atomic mass is 32.1. The van der Waals surface area contributed by atoms with E-state index in [0.717, 1.165) is 24.4 Å². The molecule has 0 amide bonds. The summed E-state index contributed by atoms with van der Waals surface area (Å²) in [6, 6.07) is 8.20. The van der Waals surface area contributed by atoms with E-state index in [1.807, 2.05) is 23.7 Å². The van der Waals surface area contributed by atoms with Gasteiger partial charge in [0.2, 0.25) is 0 Å². The van der Waals surface area contributed by atoms with Crippen LogP contribution in [0.25, 0.3) is 0 Å². The summed E-state index contributed by atoms with van der Waals surface area (Å²) >= 11 is 5.26. The van der Waals surface area contributed by atoms with Crippen LogP contribution in [0.15, 0.2) is 24.3 Å². The number of benzene rings is 1. The van der Waals surface area contributed by atoms with Crippen LogP contribution in [0.4, 0.5) is 5.69 Å². The SMILES string of the molecule is CC1CC(c2cccc(NCO)c2)(c2n[nH]c(=S)n2C)C1. The van der Waals surface area contributed by atoms with Crippen LogP contribution in [0.3, 0.4) is 0 Å². The molecular weight excluding hydrogens is 284 g/mol. The first-order chi connectivity index (χ1) is 10.1. The molecule has 0 radical (unpaired) electrons. The highest BCUT2D eigenvalue weighted by molar-refractivity contribution is 7.71. The first-order valence-electron chi connectivity index (χ1n) is 7.14. The van der Waals surface area contributed by atoms with Crippen LogP contribution in [0, 0.1) is 10.7 Å². The Labute approximate surface area is 129 Å². The zero-order valence-corrected chi connectivity index (χ0v) is 13.1. The summed E-state index contributed by atoms with van der Waals surface area (Å²) in [5, 5.41) is 19.4. The van der Waals surface area contributed by atoms with E-state index in [2.05, 4.69) is 34.6 Å². The van der Waals surface area contributed by atoms with Gasteiger partial charge < -0.3 is 15.0 Å². The minimum atomic E-state index is -0.0884. The molecule has 3 N–H and O–H groups in total. The van der Waals surface area contributed by atoms with Gasteiger partial charge in [-0.15, -0.1) is 0 Å². The van der Waals surface area contributed by atoms with Crippen LogP contribution in [-0.4, -0.2) is 26.6 Å². The lowest BCUT2D eigenvalue weighted by atomic mass is 9.58. The van der Waals surface area contributed by atoms with E-state index >= 15 is 0 Å². The van der Waals surface area contributed by atoms with Gasteiger partial charge in [0.1, 0.15) is 12.6 Å². The number of nitrogens with one attached hydrogen (secondary N) is 2. The Morgan fingerprint density at radius 3 is 2.86 bits per heavy atom. The Morgan fingerprint density at radius 2 is 2.29 bits per heavy atom. The molecule has 3 rings (SSSR count). The molecule has 0 bridgehead atoms. The Balaban J connectivity index is 2.08. The number of aromatic amines is 1. The maximum atomic E-state index is 9.04. The molecule has 0 spiro atoms. The number of aromatic nitrogens is 3. The van der Waals surface area contributed by atoms with E-state index < -0.39 is 0 Å². The van der Waals surface area contributed by atoms with Gasteiger partial charge in [0, 0.05) is 12.7 Å². The lowest BCUT2D eigenvalue weighted by Crippen LogP contribution is -2.43. The van der Waals surface area contributed by atoms with Gasteiger partial charge in [-0.05, 0) is 48.7 Å². The molecule has 1 saturated carbocycles. The lowest BCUT2D eigenvalue weighted by Gasteiger charge is -2.46. The van der Waals surface area contributed by atoms with E-state index in [9.17, 15) is 0 Å². The number of nitrogens with zero attached hydrogens (tertiary/aromatic N) is 2. The molecule has 6 heteroatoms. The Hall–Kier alpha value is -1.66. The highest BCUT2D eigenvalue weighted by Gasteiger charge is 2.48. The van der Waals surface area contributed by atoms with E-state index in [1.165, 1.54) is 5.56 Å². The average molecular weight is 304 g/mol. The van der Waals surface area contributed by atoms with Gasteiger partial charge in [0.05, 0.1) is 5.41 Å². The van der Waals surface area contributed by atoms with Crippen molar-refractivity contribution in [2.45, 2.75) is 25.2 Å². The lowest BCUT2D eigenvalue weighted by molar-refractivity contribution is 0.185. The second-order valence-electron chi connectivity index (χ2n) is 5.92. The van der Waals surface area contributed by atoms with Crippen molar-refractivity contribution >= 4 is 17.9 Å². The molecule has 21 heavy (non-hydrogen) atoms. The van der Waals surface area contributed by atoms with Crippen LogP contribution in [0.5, 0.6) is 0 Å². The summed E-state index contributed by atoms with van der Waals surface area (Å²) < 4.78 is 2.61. The fraction of sp³-hybridized carbons (Fsp3) is 0.467. The summed E-state index contributed by atoms with van der Waals surface area (Å²) in [4.78, 5) is 0. The van der Waals surface area contributed by atoms with Gasteiger partial charge in [-0.3, -0.25) is 5.10 Å². The second-order valence-corrected chi connectivity index (χ2v) is 6.31. The molecule has 1 heterocycles. The molecule has 1 aromatic heterocycles. The third kappa shape index (κ3) is 2.28. The van der Waals surface area contributed by atoms with Crippen LogP contribution >= 0.6 is 12.2 Å². The predicted molar refractivity (Wildman–Crippen MR) is 84.7 cm³/mol. The molecular formula is C15H20N4OS. The first-order valence-corrected chi connectivity index (χ1v) is 7.55. The van der Waals surface area contributed by atoms with Gasteiger partial charge in [0.15, 0.2) is 4.77 Å². The van der Waals surface area contributed by atoms with E-state index in [1.54, 1.807) is 0 Å². The fourth-order valence-corrected chi connectivity index (χ4v) is 3.60. The molecule has 0 saturated heterocycles. The minimum Gasteiger partial charge on any atom is -0.377 e. The van der Waals surface area contributed by atoms with Gasteiger partial charge in [-0.25, -0.2) is 0 Å². The predicted octanol–water partition coefficient (Wildman–Crippen LogP) is 2.56. The molecule has 5 nitrogen and oxygen atoms in total. The van der Waals surface area contributed by atoms with Gasteiger partial charge in [-0.2, -0.15) is 5.10 Å². The summed E-state index contributed by atoms with van der Waals surface area (Å²) in [6.07, 6.45) is 2.12. The fourth-order valence-electron chi connectivity index (χ4n) is 3.47. The molecule has 1 aliphatic rings. The molecule has 112 valence electrons. The van der Waals surface area contributed by atoms with Crippen LogP contribution in [-0.2, 0) is 12.5 Å². The Bertz CT molecular complexity index is 700. The van der Waals surface area contributed by atoms with Crippen molar-refractivity contribution in [3.8, 4) is 0 Å². The van der Waals surface area contributed by atoms with Gasteiger partial charge in [0.25, 0.3) is 0 Å². The number of aliphatic hydroxyl groups excluding tert-OH is 1. The topological polar surface area (TPSA) is 65.9 Å². The quantitative estimate of drug-likeness (QED) is 0.600. The van der Waals surface area contributed by atoms with Gasteiger partial charge in [-0.1, -0.05) is 19.1 Å². The molecule has 2 aromatic rings. The number of hydrogen-bond donors (Lipinski definition) is 3. The van der Waals surface area contributed by atoms with Crippen molar-refractivity contribution in [3.63, 3.8) is 0 Å². The maximum absolute atomic E-state index is 9.04. The Kier molecular flexibility index (Phi) is 3.59. The summed E-state index contributed by atoms with van der Waals surface area (Å²) in [7, 11) is 1.96. The van der Waals surface area contributed by atoms with Crippen molar-refractivity contribution in [2.24, 2.45) is 13.0 Å². The van der Waals surface area contributed by atoms with E-state index in [-0.39, 0.29) is 12.1 Å². The summed E-state index contributed by atoms with van der Waals surface area (Å²) in [5.41, 5.74) is 2.05. The van der Waals surface area contributed by atoms with E-state index in [0.29, 0.717) is 10.7 Å². The van der Waals surface area contributed by atoms with Gasteiger partial charge >= 0.3 is 0 Å². The molecule has 0 atom stereocenters. The number of anilines is 1. The zero-order chi connectivity index (χ0) is 15.0. The molecule has 1 fully saturated rings. The third-order valence-corrected chi connectivity index (χ3v) is 4.77. The van der Waals surface area contributed by atoms with Crippen LogP contribution in [0.1, 0.15) is 31.2 Å². The van der Waals surface area contributed by atoms with E-state index in [4.69, 9.17) is 17.3 Å². The zero-order valence-electron chi connectivity index (χ0n) is 12.3. The van der Waals surface area contributed by atoms with Crippen molar-refractivity contribution < 1.29 is 5.11 Å². The monoisotopic (exact) mass is 304 g/mol. The van der Waals surface area contributed by atoms with Crippen LogP contribution in [0.2, 0.25) is 0 Å². The van der Waals surface area contributed by atoms with Crippen molar-refractivity contribution in [1.29, 1.82) is 0 Å². The number of hydrogen-bond acceptors (Lipinski definition) is 4. The third-order valence-electron chi connectivity index (χ3n) is 4.40. The number of H-pyrrole nitrogens is 1. The van der Waals surface area contributed by atoms with Crippen LogP contribution < -0.4 is 5.32 Å². The highest BCUT2D eigenvalue weighted by Crippen LogP contribution is 2.51. The minimum absolute atomic E-state index is 0.0701. The van der Waals surface area contributed by atoms with Crippen molar-refractivity contribution in [3.05, 3.63) is 40.4 Å². The van der Waals surface area contributed by atoms with Crippen molar-refractivity contribution in [2.75, 3.05) is 12.0 Å². The summed E-state index contributed by atoms with van der Waals surface area (Å²) in [6.45, 7) is 2.19. The second kappa shape index (κ2) is 5.27. The molecule has 1 aromatic carbocycles. The maximum Gasteiger partial charge on any atom is 0.194 e. The number of aliphatic hydroxyl groups is 1. The standard InChI is InChI=1S/C15H20N4OS/c1-10-7-15(8-10,13-17-18-14(21)19(13)2)11-4-3-5-12(6-11)16-9-20/h3-6,10,16,20H,7-9H2,1-2H3,(H,18,21). The average Bonchev–Trinajstić information content (AvgIpc) is 2.76. The normalized spacial score (nSPS) is 24.6. The smallest absolute Gasteiger partial charge is 0.194 e.